The third-order valence-electron chi connectivity index (χ3n) is 3.87. The van der Waals surface area contributed by atoms with Crippen molar-refractivity contribution in [3.8, 4) is 11.1 Å². The van der Waals surface area contributed by atoms with E-state index < -0.39 is 0 Å². The van der Waals surface area contributed by atoms with Crippen molar-refractivity contribution in [1.82, 2.24) is 4.98 Å². The summed E-state index contributed by atoms with van der Waals surface area (Å²) in [4.78, 5) is 4.28. The molecule has 120 valence electrons. The second-order valence-corrected chi connectivity index (χ2v) is 5.26. The van der Waals surface area contributed by atoms with Crippen molar-refractivity contribution < 1.29 is 4.74 Å². The molecule has 1 aromatic carbocycles. The number of ether oxygens (including phenoxy) is 1. The average Bonchev–Trinajstić information content (AvgIpc) is 2.68. The number of hydrogen-bond acceptors (Lipinski definition) is 3. The van der Waals surface area contributed by atoms with Gasteiger partial charge < -0.3 is 10.5 Å². The van der Waals surface area contributed by atoms with Crippen molar-refractivity contribution in [1.29, 1.82) is 0 Å². The van der Waals surface area contributed by atoms with Crippen LogP contribution in [-0.4, -0.2) is 18.1 Å². The maximum atomic E-state index is 5.87. The third kappa shape index (κ3) is 3.79. The minimum absolute atomic E-state index is 0. The van der Waals surface area contributed by atoms with E-state index in [1.807, 2.05) is 13.1 Å². The number of rotatable bonds is 2. The van der Waals surface area contributed by atoms with Crippen molar-refractivity contribution in [2.75, 3.05) is 13.2 Å². The molecule has 2 aromatic rings. The zero-order chi connectivity index (χ0) is 13.9. The second-order valence-electron chi connectivity index (χ2n) is 5.26. The van der Waals surface area contributed by atoms with Gasteiger partial charge in [-0.05, 0) is 54.2 Å². The Hall–Kier alpha value is -1.13. The Morgan fingerprint density at radius 1 is 1.27 bits per heavy atom. The van der Waals surface area contributed by atoms with E-state index in [-0.39, 0.29) is 30.9 Å². The Morgan fingerprint density at radius 2 is 2.09 bits per heavy atom. The van der Waals surface area contributed by atoms with Gasteiger partial charge in [-0.3, -0.25) is 4.98 Å². The van der Waals surface area contributed by atoms with E-state index in [0.29, 0.717) is 6.54 Å². The SMILES string of the molecule is Cc1cc(-c2cccc3c2CCCO[C@H]3CN)ccn1.Cl.Cl. The summed E-state index contributed by atoms with van der Waals surface area (Å²) in [6, 6.07) is 10.6. The van der Waals surface area contributed by atoms with Crippen LogP contribution in [0.1, 0.15) is 29.3 Å². The fourth-order valence-corrected chi connectivity index (χ4v) is 2.93. The summed E-state index contributed by atoms with van der Waals surface area (Å²) in [7, 11) is 0. The highest BCUT2D eigenvalue weighted by atomic mass is 35.5. The van der Waals surface area contributed by atoms with Gasteiger partial charge in [0.15, 0.2) is 0 Å². The van der Waals surface area contributed by atoms with E-state index in [0.717, 1.165) is 25.1 Å². The van der Waals surface area contributed by atoms with Crippen LogP contribution in [-0.2, 0) is 11.2 Å². The number of hydrogen-bond donors (Lipinski definition) is 1. The molecule has 0 bridgehead atoms. The first-order valence-corrected chi connectivity index (χ1v) is 7.16. The molecule has 5 heteroatoms. The molecule has 0 aliphatic carbocycles. The van der Waals surface area contributed by atoms with Crippen LogP contribution in [0.4, 0.5) is 0 Å². The molecule has 2 N–H and O–H groups in total. The number of pyridine rings is 1. The molecule has 0 amide bonds. The van der Waals surface area contributed by atoms with Gasteiger partial charge in [-0.1, -0.05) is 18.2 Å². The van der Waals surface area contributed by atoms with Crippen molar-refractivity contribution in [3.63, 3.8) is 0 Å². The lowest BCUT2D eigenvalue weighted by atomic mass is 9.91. The van der Waals surface area contributed by atoms with Crippen molar-refractivity contribution >= 4 is 24.8 Å². The first-order valence-electron chi connectivity index (χ1n) is 7.16. The standard InChI is InChI=1S/C17H20N2O.2ClH/c1-12-10-13(7-8-19-12)14-4-2-5-16-15(14)6-3-9-20-17(16)11-18;;/h2,4-5,7-8,10,17H,3,6,9,11,18H2,1H3;2*1H/t17-;;/m0../s1. The molecule has 0 fully saturated rings. The topological polar surface area (TPSA) is 48.1 Å². The molecule has 0 saturated heterocycles. The van der Waals surface area contributed by atoms with E-state index in [2.05, 4.69) is 35.3 Å². The number of nitrogens with zero attached hydrogens (tertiary/aromatic N) is 1. The lowest BCUT2D eigenvalue weighted by molar-refractivity contribution is 0.0627. The highest BCUT2D eigenvalue weighted by molar-refractivity contribution is 5.85. The number of halogens is 2. The summed E-state index contributed by atoms with van der Waals surface area (Å²) >= 11 is 0. The van der Waals surface area contributed by atoms with Crippen molar-refractivity contribution in [3.05, 3.63) is 53.3 Å². The van der Waals surface area contributed by atoms with Crippen molar-refractivity contribution in [2.45, 2.75) is 25.9 Å². The zero-order valence-electron chi connectivity index (χ0n) is 12.6. The molecule has 1 aliphatic heterocycles. The van der Waals surface area contributed by atoms with Gasteiger partial charge in [0.1, 0.15) is 0 Å². The molecule has 0 unspecified atom stereocenters. The number of aromatic nitrogens is 1. The van der Waals surface area contributed by atoms with E-state index in [1.165, 1.54) is 22.3 Å². The van der Waals surface area contributed by atoms with Crippen LogP contribution in [0.3, 0.4) is 0 Å². The molecule has 3 rings (SSSR count). The first-order chi connectivity index (χ1) is 9.79. The quantitative estimate of drug-likeness (QED) is 0.902. The van der Waals surface area contributed by atoms with Gasteiger partial charge in [-0.15, -0.1) is 24.8 Å². The Kier molecular flexibility index (Phi) is 7.30. The average molecular weight is 341 g/mol. The van der Waals surface area contributed by atoms with Gasteiger partial charge in [0.05, 0.1) is 6.10 Å². The van der Waals surface area contributed by atoms with Gasteiger partial charge in [0, 0.05) is 25.0 Å². The largest absolute Gasteiger partial charge is 0.372 e. The summed E-state index contributed by atoms with van der Waals surface area (Å²) in [5.74, 6) is 0. The van der Waals surface area contributed by atoms with Gasteiger partial charge >= 0.3 is 0 Å². The summed E-state index contributed by atoms with van der Waals surface area (Å²) in [5, 5.41) is 0. The first kappa shape index (κ1) is 18.9. The van der Waals surface area contributed by atoms with Crippen LogP contribution in [0.15, 0.2) is 36.5 Å². The molecule has 1 atom stereocenters. The van der Waals surface area contributed by atoms with Crippen LogP contribution in [0, 0.1) is 6.92 Å². The molecule has 3 nitrogen and oxygen atoms in total. The fraction of sp³-hybridized carbons (Fsp3) is 0.353. The molecule has 0 saturated carbocycles. The second kappa shape index (κ2) is 8.49. The molecule has 0 spiro atoms. The molecular weight excluding hydrogens is 319 g/mol. The van der Waals surface area contributed by atoms with E-state index in [9.17, 15) is 0 Å². The molecule has 2 heterocycles. The van der Waals surface area contributed by atoms with Gasteiger partial charge in [0.25, 0.3) is 0 Å². The monoisotopic (exact) mass is 340 g/mol. The lowest BCUT2D eigenvalue weighted by Crippen LogP contribution is -2.16. The number of fused-ring (bicyclic) bond motifs is 1. The molecule has 1 aromatic heterocycles. The summed E-state index contributed by atoms with van der Waals surface area (Å²) in [5.41, 5.74) is 12.1. The minimum atomic E-state index is 0. The zero-order valence-corrected chi connectivity index (χ0v) is 14.3. The smallest absolute Gasteiger partial charge is 0.0949 e. The highest BCUT2D eigenvalue weighted by Crippen LogP contribution is 2.33. The van der Waals surface area contributed by atoms with E-state index >= 15 is 0 Å². The van der Waals surface area contributed by atoms with Crippen LogP contribution < -0.4 is 5.73 Å². The fourth-order valence-electron chi connectivity index (χ4n) is 2.93. The number of benzene rings is 1. The van der Waals surface area contributed by atoms with E-state index in [4.69, 9.17) is 10.5 Å². The summed E-state index contributed by atoms with van der Waals surface area (Å²) in [6.07, 6.45) is 3.99. The predicted molar refractivity (Wildman–Crippen MR) is 95.0 cm³/mol. The lowest BCUT2D eigenvalue weighted by Gasteiger charge is -2.18. The molecular formula is C17H22Cl2N2O. The Bertz CT molecular complexity index is 619. The predicted octanol–water partition coefficient (Wildman–Crippen LogP) is 3.86. The van der Waals surface area contributed by atoms with Crippen LogP contribution in [0.2, 0.25) is 0 Å². The summed E-state index contributed by atoms with van der Waals surface area (Å²) < 4.78 is 5.86. The number of aryl methyl sites for hydroxylation is 1. The van der Waals surface area contributed by atoms with Gasteiger partial charge in [-0.25, -0.2) is 0 Å². The van der Waals surface area contributed by atoms with Crippen LogP contribution in [0.25, 0.3) is 11.1 Å². The summed E-state index contributed by atoms with van der Waals surface area (Å²) in [6.45, 7) is 3.34. The number of nitrogens with two attached hydrogens (primary N) is 1. The third-order valence-corrected chi connectivity index (χ3v) is 3.87. The maximum absolute atomic E-state index is 5.87. The van der Waals surface area contributed by atoms with Gasteiger partial charge in [0.2, 0.25) is 0 Å². The Labute approximate surface area is 144 Å². The van der Waals surface area contributed by atoms with Crippen LogP contribution in [0.5, 0.6) is 0 Å². The Morgan fingerprint density at radius 3 is 2.82 bits per heavy atom. The van der Waals surface area contributed by atoms with E-state index in [1.54, 1.807) is 0 Å². The minimum Gasteiger partial charge on any atom is -0.372 e. The van der Waals surface area contributed by atoms with Crippen LogP contribution >= 0.6 is 24.8 Å². The van der Waals surface area contributed by atoms with Gasteiger partial charge in [-0.2, -0.15) is 0 Å². The normalized spacial score (nSPS) is 16.7. The van der Waals surface area contributed by atoms with Crippen molar-refractivity contribution in [2.24, 2.45) is 5.73 Å². The highest BCUT2D eigenvalue weighted by Gasteiger charge is 2.20. The maximum Gasteiger partial charge on any atom is 0.0949 e. The molecule has 1 aliphatic rings. The molecule has 0 radical (unpaired) electrons. The Balaban J connectivity index is 0.00000121. The molecule has 22 heavy (non-hydrogen) atoms.